The largest absolute Gasteiger partial charge is 0.466 e. The highest BCUT2D eigenvalue weighted by Gasteiger charge is 2.29. The molecule has 0 radical (unpaired) electrons. The van der Waals surface area contributed by atoms with Crippen molar-refractivity contribution in [2.45, 2.75) is 39.0 Å². The molecule has 142 valence electrons. The maximum Gasteiger partial charge on any atom is 0.310 e. The number of ketones is 1. The first-order valence-corrected chi connectivity index (χ1v) is 9.45. The highest BCUT2D eigenvalue weighted by Crippen LogP contribution is 2.26. The number of aromatic amines is 1. The van der Waals surface area contributed by atoms with E-state index >= 15 is 0 Å². The third-order valence-corrected chi connectivity index (χ3v) is 5.30. The molecule has 3 heterocycles. The van der Waals surface area contributed by atoms with Crippen LogP contribution < -0.4 is 10.5 Å². The maximum atomic E-state index is 12.8. The molecule has 27 heavy (non-hydrogen) atoms. The van der Waals surface area contributed by atoms with Gasteiger partial charge < -0.3 is 9.64 Å². The first-order valence-electron chi connectivity index (χ1n) is 9.45. The number of nitrogens with one attached hydrogen (secondary N) is 1. The topological polar surface area (TPSA) is 105 Å². The van der Waals surface area contributed by atoms with Crippen LogP contribution >= 0.6 is 0 Å². The Balaban J connectivity index is 1.70. The summed E-state index contributed by atoms with van der Waals surface area (Å²) in [6.07, 6.45) is 5.02. The highest BCUT2D eigenvalue weighted by atomic mass is 16.5. The molecule has 1 atom stereocenters. The van der Waals surface area contributed by atoms with Crippen molar-refractivity contribution in [1.29, 1.82) is 0 Å². The number of aryl methyl sites for hydroxylation is 1. The third kappa shape index (κ3) is 3.20. The van der Waals surface area contributed by atoms with E-state index in [2.05, 4.69) is 15.0 Å². The van der Waals surface area contributed by atoms with Crippen molar-refractivity contribution < 1.29 is 14.3 Å². The van der Waals surface area contributed by atoms with E-state index in [4.69, 9.17) is 4.74 Å². The van der Waals surface area contributed by atoms with Crippen LogP contribution in [0.15, 0.2) is 11.0 Å². The molecule has 2 aliphatic rings. The number of rotatable bonds is 3. The Kier molecular flexibility index (Phi) is 4.63. The number of esters is 1. The molecule has 0 amide bonds. The van der Waals surface area contributed by atoms with E-state index in [1.165, 1.54) is 6.20 Å². The Bertz CT molecular complexity index is 968. The smallest absolute Gasteiger partial charge is 0.310 e. The number of H-pyrrole nitrogens is 1. The normalized spacial score (nSPS) is 19.8. The molecule has 1 aliphatic carbocycles. The zero-order chi connectivity index (χ0) is 19.0. The van der Waals surface area contributed by atoms with Crippen molar-refractivity contribution in [2.24, 2.45) is 5.92 Å². The summed E-state index contributed by atoms with van der Waals surface area (Å²) in [6, 6.07) is 0. The van der Waals surface area contributed by atoms with Crippen molar-refractivity contribution >= 4 is 28.7 Å². The number of aromatic nitrogens is 3. The SMILES string of the molecule is CCOC(=O)[C@H]1CCCN(c2nc3ncc4c(c3c(=O)[nH]2)CCCC4=O)C1. The Morgan fingerprint density at radius 2 is 2.19 bits per heavy atom. The lowest BCUT2D eigenvalue weighted by molar-refractivity contribution is -0.148. The predicted molar refractivity (Wildman–Crippen MR) is 99.0 cm³/mol. The summed E-state index contributed by atoms with van der Waals surface area (Å²) in [4.78, 5) is 50.5. The zero-order valence-electron chi connectivity index (χ0n) is 15.3. The fourth-order valence-corrected chi connectivity index (χ4v) is 3.99. The van der Waals surface area contributed by atoms with E-state index in [1.807, 2.05) is 4.90 Å². The van der Waals surface area contributed by atoms with E-state index < -0.39 is 0 Å². The first-order chi connectivity index (χ1) is 13.1. The minimum absolute atomic E-state index is 0.0300. The molecule has 4 rings (SSSR count). The van der Waals surface area contributed by atoms with Gasteiger partial charge in [-0.15, -0.1) is 0 Å². The molecule has 2 aromatic rings. The average Bonchev–Trinajstić information content (AvgIpc) is 2.68. The zero-order valence-corrected chi connectivity index (χ0v) is 15.3. The second-order valence-corrected chi connectivity index (χ2v) is 7.05. The van der Waals surface area contributed by atoms with Gasteiger partial charge in [0.15, 0.2) is 11.4 Å². The number of pyridine rings is 1. The summed E-state index contributed by atoms with van der Waals surface area (Å²) >= 11 is 0. The maximum absolute atomic E-state index is 12.8. The number of piperidine rings is 1. The molecule has 2 aromatic heterocycles. The van der Waals surface area contributed by atoms with Crippen LogP contribution in [-0.2, 0) is 16.0 Å². The third-order valence-electron chi connectivity index (χ3n) is 5.30. The fraction of sp³-hybridized carbons (Fsp3) is 0.526. The van der Waals surface area contributed by atoms with E-state index in [-0.39, 0.29) is 23.2 Å². The van der Waals surface area contributed by atoms with E-state index in [1.54, 1.807) is 6.92 Å². The molecule has 8 heteroatoms. The summed E-state index contributed by atoms with van der Waals surface area (Å²) in [5.74, 6) is 0.00313. The van der Waals surface area contributed by atoms with Crippen molar-refractivity contribution in [3.63, 3.8) is 0 Å². The standard InChI is InChI=1S/C19H22N4O4/c1-2-27-18(26)11-5-4-8-23(10-11)19-21-16-15(17(25)22-19)12-6-3-7-14(24)13(12)9-20-16/h9,11H,2-8,10H2,1H3,(H,20,21,22,25)/t11-/m0/s1. The Labute approximate surface area is 155 Å². The minimum Gasteiger partial charge on any atom is -0.466 e. The van der Waals surface area contributed by atoms with E-state index in [0.29, 0.717) is 55.1 Å². The molecule has 0 bridgehead atoms. The van der Waals surface area contributed by atoms with Crippen LogP contribution in [0, 0.1) is 5.92 Å². The first kappa shape index (κ1) is 17.6. The lowest BCUT2D eigenvalue weighted by Gasteiger charge is -2.31. The van der Waals surface area contributed by atoms with Crippen molar-refractivity contribution in [3.8, 4) is 0 Å². The number of fused-ring (bicyclic) bond motifs is 3. The fourth-order valence-electron chi connectivity index (χ4n) is 3.99. The summed E-state index contributed by atoms with van der Waals surface area (Å²) in [7, 11) is 0. The summed E-state index contributed by atoms with van der Waals surface area (Å²) in [6.45, 7) is 3.30. The Morgan fingerprint density at radius 1 is 1.33 bits per heavy atom. The molecule has 1 aliphatic heterocycles. The molecular weight excluding hydrogens is 348 g/mol. The second-order valence-electron chi connectivity index (χ2n) is 7.05. The second kappa shape index (κ2) is 7.09. The molecule has 0 saturated carbocycles. The van der Waals surface area contributed by atoms with Gasteiger partial charge in [-0.2, -0.15) is 4.98 Å². The molecule has 0 aromatic carbocycles. The van der Waals surface area contributed by atoms with Crippen LogP contribution in [0.3, 0.4) is 0 Å². The number of carbonyl (C=O) groups is 2. The van der Waals surface area contributed by atoms with Gasteiger partial charge in [-0.05, 0) is 38.2 Å². The van der Waals surface area contributed by atoms with Gasteiger partial charge in [-0.25, -0.2) is 4.98 Å². The van der Waals surface area contributed by atoms with Gasteiger partial charge in [0.1, 0.15) is 0 Å². The molecule has 1 saturated heterocycles. The number of hydrogen-bond donors (Lipinski definition) is 1. The van der Waals surface area contributed by atoms with Gasteiger partial charge in [0.25, 0.3) is 5.56 Å². The average molecular weight is 370 g/mol. The van der Waals surface area contributed by atoms with Crippen LogP contribution in [0.2, 0.25) is 0 Å². The molecule has 8 nitrogen and oxygen atoms in total. The minimum atomic E-state index is -0.285. The highest BCUT2D eigenvalue weighted by molar-refractivity contribution is 6.02. The Morgan fingerprint density at radius 3 is 3.00 bits per heavy atom. The molecular formula is C19H22N4O4. The van der Waals surface area contributed by atoms with Crippen LogP contribution in [0.1, 0.15) is 48.5 Å². The van der Waals surface area contributed by atoms with Crippen LogP contribution in [0.25, 0.3) is 11.0 Å². The molecule has 0 spiro atoms. The van der Waals surface area contributed by atoms with Crippen molar-refractivity contribution in [3.05, 3.63) is 27.7 Å². The number of Topliss-reactive ketones (excluding diaryl/α,β-unsaturated/α-hetero) is 1. The summed E-state index contributed by atoms with van der Waals surface area (Å²) < 4.78 is 5.13. The van der Waals surface area contributed by atoms with Crippen LogP contribution in [-0.4, -0.2) is 46.4 Å². The van der Waals surface area contributed by atoms with E-state index in [9.17, 15) is 14.4 Å². The number of ether oxygens (including phenoxy) is 1. The number of nitrogens with zero attached hydrogens (tertiary/aromatic N) is 3. The number of anilines is 1. The van der Waals surface area contributed by atoms with E-state index in [0.717, 1.165) is 24.8 Å². The van der Waals surface area contributed by atoms with Gasteiger partial charge in [0.05, 0.1) is 17.9 Å². The molecule has 1 N–H and O–H groups in total. The van der Waals surface area contributed by atoms with Gasteiger partial charge in [-0.3, -0.25) is 19.4 Å². The lowest BCUT2D eigenvalue weighted by Crippen LogP contribution is -2.41. The quantitative estimate of drug-likeness (QED) is 0.818. The summed E-state index contributed by atoms with van der Waals surface area (Å²) in [5.41, 5.74) is 1.35. The monoisotopic (exact) mass is 370 g/mol. The van der Waals surface area contributed by atoms with Gasteiger partial charge in [0.2, 0.25) is 5.95 Å². The van der Waals surface area contributed by atoms with Crippen molar-refractivity contribution in [2.75, 3.05) is 24.6 Å². The molecule has 0 unspecified atom stereocenters. The summed E-state index contributed by atoms with van der Waals surface area (Å²) in [5, 5.41) is 0.406. The Hall–Kier alpha value is -2.77. The number of hydrogen-bond acceptors (Lipinski definition) is 7. The van der Waals surface area contributed by atoms with Crippen LogP contribution in [0.5, 0.6) is 0 Å². The lowest BCUT2D eigenvalue weighted by atomic mass is 9.90. The predicted octanol–water partition coefficient (Wildman–Crippen LogP) is 1.62. The van der Waals surface area contributed by atoms with Gasteiger partial charge in [-0.1, -0.05) is 0 Å². The van der Waals surface area contributed by atoms with Gasteiger partial charge >= 0.3 is 5.97 Å². The molecule has 1 fully saturated rings. The van der Waals surface area contributed by atoms with Crippen LogP contribution in [0.4, 0.5) is 5.95 Å². The number of carbonyl (C=O) groups excluding carboxylic acids is 2. The van der Waals surface area contributed by atoms with Gasteiger partial charge in [0, 0.05) is 31.3 Å². The van der Waals surface area contributed by atoms with Crippen molar-refractivity contribution in [1.82, 2.24) is 15.0 Å².